The van der Waals surface area contributed by atoms with Crippen molar-refractivity contribution in [2.24, 2.45) is 5.92 Å². The van der Waals surface area contributed by atoms with Gasteiger partial charge in [0.1, 0.15) is 5.82 Å². The van der Waals surface area contributed by atoms with Crippen molar-refractivity contribution >= 4 is 23.3 Å². The molecule has 4 nitrogen and oxygen atoms in total. The van der Waals surface area contributed by atoms with Gasteiger partial charge in [-0.1, -0.05) is 18.5 Å². The first kappa shape index (κ1) is 18.8. The largest absolute Gasteiger partial charge is 0.417 e. The number of halogens is 4. The Morgan fingerprint density at radius 1 is 1.42 bits per heavy atom. The highest BCUT2D eigenvalue weighted by molar-refractivity contribution is 6.32. The van der Waals surface area contributed by atoms with Crippen LogP contribution in [0.15, 0.2) is 12.3 Å². The van der Waals surface area contributed by atoms with Gasteiger partial charge in [0.2, 0.25) is 5.91 Å². The summed E-state index contributed by atoms with van der Waals surface area (Å²) in [6, 6.07) is 0.828. The van der Waals surface area contributed by atoms with Gasteiger partial charge in [0.15, 0.2) is 0 Å². The van der Waals surface area contributed by atoms with E-state index in [9.17, 15) is 18.0 Å². The molecule has 1 atom stereocenters. The fourth-order valence-corrected chi connectivity index (χ4v) is 2.91. The summed E-state index contributed by atoms with van der Waals surface area (Å²) in [4.78, 5) is 17.7. The van der Waals surface area contributed by atoms with Crippen molar-refractivity contribution in [1.82, 2.24) is 9.88 Å². The minimum atomic E-state index is -4.48. The van der Waals surface area contributed by atoms with E-state index in [1.807, 2.05) is 4.90 Å². The molecule has 1 aliphatic heterocycles. The summed E-state index contributed by atoms with van der Waals surface area (Å²) in [6.07, 6.45) is -0.347. The van der Waals surface area contributed by atoms with Crippen molar-refractivity contribution in [3.63, 3.8) is 0 Å². The van der Waals surface area contributed by atoms with E-state index in [-0.39, 0.29) is 29.7 Å². The van der Waals surface area contributed by atoms with Crippen LogP contribution in [0.3, 0.4) is 0 Å². The molecule has 1 aliphatic rings. The van der Waals surface area contributed by atoms with E-state index in [1.54, 1.807) is 0 Å². The second-order valence-corrected chi connectivity index (χ2v) is 6.55. The van der Waals surface area contributed by atoms with Crippen LogP contribution in [0.25, 0.3) is 0 Å². The van der Waals surface area contributed by atoms with Crippen molar-refractivity contribution in [1.29, 1.82) is 0 Å². The molecule has 1 aromatic rings. The third kappa shape index (κ3) is 5.26. The van der Waals surface area contributed by atoms with Crippen LogP contribution in [0.1, 0.15) is 38.2 Å². The molecule has 0 radical (unpaired) electrons. The van der Waals surface area contributed by atoms with Crippen LogP contribution in [0, 0.1) is 5.92 Å². The van der Waals surface area contributed by atoms with E-state index in [0.717, 1.165) is 44.6 Å². The summed E-state index contributed by atoms with van der Waals surface area (Å²) in [5.41, 5.74) is -0.896. The van der Waals surface area contributed by atoms with E-state index < -0.39 is 11.7 Å². The number of aromatic nitrogens is 1. The molecular formula is C16H21ClF3N3O. The van der Waals surface area contributed by atoms with Gasteiger partial charge in [-0.25, -0.2) is 4.98 Å². The smallest absolute Gasteiger partial charge is 0.368 e. The maximum absolute atomic E-state index is 12.6. The fraction of sp³-hybridized carbons (Fsp3) is 0.625. The highest BCUT2D eigenvalue weighted by atomic mass is 35.5. The zero-order chi connectivity index (χ0) is 17.7. The molecule has 2 heterocycles. The number of carbonyl (C=O) groups excluding carboxylic acids is 1. The number of amides is 1. The standard InChI is InChI=1S/C16H21ClF3N3O/c1-11-3-2-7-23(8-5-11)14(24)4-6-21-15-13(17)9-12(10-22-15)16(18,19)20/h9-11H,2-8H2,1H3,(H,21,22)/t11-/m0/s1. The lowest BCUT2D eigenvalue weighted by Crippen LogP contribution is -2.33. The lowest BCUT2D eigenvalue weighted by Gasteiger charge is -2.20. The third-order valence-corrected chi connectivity index (χ3v) is 4.46. The van der Waals surface area contributed by atoms with Crippen LogP contribution in [0.5, 0.6) is 0 Å². The predicted octanol–water partition coefficient (Wildman–Crippen LogP) is 4.20. The first-order valence-corrected chi connectivity index (χ1v) is 8.39. The van der Waals surface area contributed by atoms with Gasteiger partial charge in [-0.2, -0.15) is 13.2 Å². The van der Waals surface area contributed by atoms with Gasteiger partial charge in [0, 0.05) is 32.3 Å². The Morgan fingerprint density at radius 2 is 2.17 bits per heavy atom. The number of carbonyl (C=O) groups is 1. The first-order chi connectivity index (χ1) is 11.3. The Labute approximate surface area is 144 Å². The molecule has 0 spiro atoms. The summed E-state index contributed by atoms with van der Waals surface area (Å²) >= 11 is 5.82. The lowest BCUT2D eigenvalue weighted by molar-refractivity contribution is -0.137. The number of hydrogen-bond donors (Lipinski definition) is 1. The van der Waals surface area contributed by atoms with Gasteiger partial charge in [0.25, 0.3) is 0 Å². The average Bonchev–Trinajstić information content (AvgIpc) is 2.72. The van der Waals surface area contributed by atoms with Gasteiger partial charge in [-0.05, 0) is 31.2 Å². The minimum absolute atomic E-state index is 0.0413. The number of pyridine rings is 1. The molecule has 1 amide bonds. The Balaban J connectivity index is 1.84. The summed E-state index contributed by atoms with van der Waals surface area (Å²) in [5.74, 6) is 0.831. The zero-order valence-corrected chi connectivity index (χ0v) is 14.3. The van der Waals surface area contributed by atoms with Crippen molar-refractivity contribution in [2.45, 2.75) is 38.8 Å². The highest BCUT2D eigenvalue weighted by Crippen LogP contribution is 2.32. The normalized spacial score (nSPS) is 19.0. The number of rotatable bonds is 4. The molecule has 134 valence electrons. The van der Waals surface area contributed by atoms with Crippen LogP contribution >= 0.6 is 11.6 Å². The molecule has 2 rings (SSSR count). The number of alkyl halides is 3. The highest BCUT2D eigenvalue weighted by Gasteiger charge is 2.31. The van der Waals surface area contributed by atoms with Crippen molar-refractivity contribution in [3.05, 3.63) is 22.8 Å². The molecule has 8 heteroatoms. The molecule has 1 fully saturated rings. The number of nitrogens with one attached hydrogen (secondary N) is 1. The Kier molecular flexibility index (Phi) is 6.32. The fourth-order valence-electron chi connectivity index (χ4n) is 2.68. The average molecular weight is 364 g/mol. The van der Waals surface area contributed by atoms with Crippen LogP contribution in [-0.2, 0) is 11.0 Å². The number of anilines is 1. The molecule has 0 saturated carbocycles. The van der Waals surface area contributed by atoms with E-state index in [4.69, 9.17) is 11.6 Å². The van der Waals surface area contributed by atoms with E-state index in [2.05, 4.69) is 17.2 Å². The quantitative estimate of drug-likeness (QED) is 0.871. The van der Waals surface area contributed by atoms with Crippen LogP contribution in [-0.4, -0.2) is 35.4 Å². The molecule has 0 unspecified atom stereocenters. The molecule has 0 bridgehead atoms. The van der Waals surface area contributed by atoms with Gasteiger partial charge in [-0.3, -0.25) is 4.79 Å². The zero-order valence-electron chi connectivity index (χ0n) is 13.5. The first-order valence-electron chi connectivity index (χ1n) is 8.01. The van der Waals surface area contributed by atoms with Crippen LogP contribution in [0.2, 0.25) is 5.02 Å². The SMILES string of the molecule is C[C@H]1CCCN(C(=O)CCNc2ncc(C(F)(F)F)cc2Cl)CC1. The maximum Gasteiger partial charge on any atom is 0.417 e. The molecule has 24 heavy (non-hydrogen) atoms. The van der Waals surface area contributed by atoms with Crippen molar-refractivity contribution in [3.8, 4) is 0 Å². The van der Waals surface area contributed by atoms with E-state index >= 15 is 0 Å². The molecule has 0 aromatic carbocycles. The van der Waals surface area contributed by atoms with Crippen molar-refractivity contribution in [2.75, 3.05) is 25.0 Å². The van der Waals surface area contributed by atoms with Crippen LogP contribution in [0.4, 0.5) is 19.0 Å². The predicted molar refractivity (Wildman–Crippen MR) is 87.0 cm³/mol. The Morgan fingerprint density at radius 3 is 2.83 bits per heavy atom. The topological polar surface area (TPSA) is 45.2 Å². The lowest BCUT2D eigenvalue weighted by atomic mass is 10.0. The Bertz CT molecular complexity index is 580. The second-order valence-electron chi connectivity index (χ2n) is 6.15. The van der Waals surface area contributed by atoms with Gasteiger partial charge >= 0.3 is 6.18 Å². The van der Waals surface area contributed by atoms with Crippen molar-refractivity contribution < 1.29 is 18.0 Å². The third-order valence-electron chi connectivity index (χ3n) is 4.17. The van der Waals surface area contributed by atoms with Gasteiger partial charge in [-0.15, -0.1) is 0 Å². The van der Waals surface area contributed by atoms with E-state index in [0.29, 0.717) is 5.92 Å². The number of likely N-dealkylation sites (tertiary alicyclic amines) is 1. The molecule has 0 aliphatic carbocycles. The second kappa shape index (κ2) is 8.05. The monoisotopic (exact) mass is 363 g/mol. The number of hydrogen-bond acceptors (Lipinski definition) is 3. The van der Waals surface area contributed by atoms with Gasteiger partial charge in [0.05, 0.1) is 10.6 Å². The number of nitrogens with zero attached hydrogens (tertiary/aromatic N) is 2. The minimum Gasteiger partial charge on any atom is -0.368 e. The molecule has 1 aromatic heterocycles. The maximum atomic E-state index is 12.6. The summed E-state index contributed by atoms with van der Waals surface area (Å²) in [6.45, 7) is 4.00. The molecule has 1 saturated heterocycles. The molecular weight excluding hydrogens is 343 g/mol. The molecule has 1 N–H and O–H groups in total. The van der Waals surface area contributed by atoms with Crippen LogP contribution < -0.4 is 5.32 Å². The van der Waals surface area contributed by atoms with Gasteiger partial charge < -0.3 is 10.2 Å². The summed E-state index contributed by atoms with van der Waals surface area (Å²) < 4.78 is 37.7. The summed E-state index contributed by atoms with van der Waals surface area (Å²) in [7, 11) is 0. The summed E-state index contributed by atoms with van der Waals surface area (Å²) in [5, 5.41) is 2.72. The van der Waals surface area contributed by atoms with E-state index in [1.165, 1.54) is 0 Å². The Hall–Kier alpha value is -1.50.